The first-order valence-corrected chi connectivity index (χ1v) is 6.99. The Morgan fingerprint density at radius 1 is 1.16 bits per heavy atom. The average molecular weight is 278 g/mol. The molecule has 3 atom stereocenters. The van der Waals surface area contributed by atoms with Crippen LogP contribution in [0.2, 0.25) is 0 Å². The Balaban J connectivity index is 1.79. The van der Waals surface area contributed by atoms with Crippen LogP contribution < -0.4 is 10.6 Å². The molecular formula is C13H21F3N2O. The number of hydrogen-bond donors (Lipinski definition) is 2. The number of alkyl halides is 3. The number of halogens is 3. The van der Waals surface area contributed by atoms with E-state index in [9.17, 15) is 18.0 Å². The molecule has 2 saturated carbocycles. The van der Waals surface area contributed by atoms with Gasteiger partial charge in [-0.3, -0.25) is 4.79 Å². The Morgan fingerprint density at radius 3 is 2.42 bits per heavy atom. The average Bonchev–Trinajstić information content (AvgIpc) is 3.12. The van der Waals surface area contributed by atoms with Crippen LogP contribution in [0.1, 0.15) is 45.4 Å². The molecule has 2 N–H and O–H groups in total. The van der Waals surface area contributed by atoms with E-state index in [1.807, 2.05) is 0 Å². The fourth-order valence-corrected chi connectivity index (χ4v) is 2.62. The highest BCUT2D eigenvalue weighted by Gasteiger charge is 2.42. The van der Waals surface area contributed by atoms with Gasteiger partial charge < -0.3 is 10.6 Å². The van der Waals surface area contributed by atoms with E-state index in [4.69, 9.17) is 0 Å². The fraction of sp³-hybridized carbons (Fsp3) is 0.923. The van der Waals surface area contributed by atoms with E-state index in [0.29, 0.717) is 12.8 Å². The predicted octanol–water partition coefficient (Wildman–Crippen LogP) is 2.36. The number of hydrogen-bond acceptors (Lipinski definition) is 2. The molecule has 0 aromatic heterocycles. The number of nitrogens with one attached hydrogen (secondary N) is 2. The van der Waals surface area contributed by atoms with Gasteiger partial charge in [0.15, 0.2) is 0 Å². The molecule has 0 aromatic rings. The highest BCUT2D eigenvalue weighted by molar-refractivity contribution is 5.81. The van der Waals surface area contributed by atoms with E-state index in [0.717, 1.165) is 12.8 Å². The molecule has 19 heavy (non-hydrogen) atoms. The predicted molar refractivity (Wildman–Crippen MR) is 65.6 cm³/mol. The second-order valence-electron chi connectivity index (χ2n) is 5.77. The van der Waals surface area contributed by atoms with Gasteiger partial charge in [-0.05, 0) is 39.0 Å². The van der Waals surface area contributed by atoms with Gasteiger partial charge in [0.05, 0.1) is 12.0 Å². The molecule has 2 fully saturated rings. The summed E-state index contributed by atoms with van der Waals surface area (Å²) in [5.41, 5.74) is 0. The zero-order chi connectivity index (χ0) is 14.0. The molecule has 2 aliphatic rings. The lowest BCUT2D eigenvalue weighted by atomic mass is 9.85. The summed E-state index contributed by atoms with van der Waals surface area (Å²) in [4.78, 5) is 11.7. The van der Waals surface area contributed by atoms with Crippen LogP contribution in [-0.4, -0.2) is 30.2 Å². The van der Waals surface area contributed by atoms with Crippen LogP contribution in [-0.2, 0) is 4.79 Å². The second-order valence-corrected chi connectivity index (χ2v) is 5.77. The molecule has 6 heteroatoms. The van der Waals surface area contributed by atoms with E-state index in [1.165, 1.54) is 0 Å². The van der Waals surface area contributed by atoms with Crippen molar-refractivity contribution in [3.8, 4) is 0 Å². The maximum Gasteiger partial charge on any atom is 0.391 e. The van der Waals surface area contributed by atoms with Crippen LogP contribution in [0.3, 0.4) is 0 Å². The molecule has 0 radical (unpaired) electrons. The summed E-state index contributed by atoms with van der Waals surface area (Å²) < 4.78 is 38.1. The van der Waals surface area contributed by atoms with Crippen molar-refractivity contribution in [2.24, 2.45) is 5.92 Å². The zero-order valence-electron chi connectivity index (χ0n) is 11.1. The van der Waals surface area contributed by atoms with Crippen molar-refractivity contribution >= 4 is 5.91 Å². The maximum atomic E-state index is 12.7. The minimum Gasteiger partial charge on any atom is -0.352 e. The smallest absolute Gasteiger partial charge is 0.352 e. The van der Waals surface area contributed by atoms with E-state index in [-0.39, 0.29) is 30.8 Å². The molecule has 0 saturated heterocycles. The normalized spacial score (nSPS) is 29.9. The van der Waals surface area contributed by atoms with Gasteiger partial charge in [0.1, 0.15) is 0 Å². The minimum atomic E-state index is -4.11. The maximum absolute atomic E-state index is 12.7. The third-order valence-corrected chi connectivity index (χ3v) is 3.94. The topological polar surface area (TPSA) is 41.1 Å². The monoisotopic (exact) mass is 278 g/mol. The van der Waals surface area contributed by atoms with Crippen LogP contribution in [0.25, 0.3) is 0 Å². The molecule has 3 unspecified atom stereocenters. The Bertz CT molecular complexity index is 328. The van der Waals surface area contributed by atoms with Gasteiger partial charge >= 0.3 is 6.18 Å². The molecule has 0 spiro atoms. The van der Waals surface area contributed by atoms with E-state index < -0.39 is 18.1 Å². The van der Waals surface area contributed by atoms with Gasteiger partial charge in [-0.15, -0.1) is 0 Å². The van der Waals surface area contributed by atoms with Gasteiger partial charge in [-0.2, -0.15) is 13.2 Å². The van der Waals surface area contributed by atoms with Crippen LogP contribution in [0.15, 0.2) is 0 Å². The summed E-state index contributed by atoms with van der Waals surface area (Å²) in [6, 6.07) is -0.344. The van der Waals surface area contributed by atoms with Gasteiger partial charge in [-0.25, -0.2) is 0 Å². The highest BCUT2D eigenvalue weighted by atomic mass is 19.4. The summed E-state index contributed by atoms with van der Waals surface area (Å²) in [7, 11) is 0. The van der Waals surface area contributed by atoms with E-state index >= 15 is 0 Å². The fourth-order valence-electron chi connectivity index (χ4n) is 2.62. The Labute approximate surface area is 111 Å². The quantitative estimate of drug-likeness (QED) is 0.829. The van der Waals surface area contributed by atoms with Crippen LogP contribution in [0.4, 0.5) is 13.2 Å². The molecule has 0 bridgehead atoms. The van der Waals surface area contributed by atoms with E-state index in [2.05, 4.69) is 10.6 Å². The summed E-state index contributed by atoms with van der Waals surface area (Å²) in [6.45, 7) is 1.72. The van der Waals surface area contributed by atoms with Crippen molar-refractivity contribution in [2.45, 2.75) is 69.8 Å². The van der Waals surface area contributed by atoms with Crippen LogP contribution in [0.5, 0.6) is 0 Å². The van der Waals surface area contributed by atoms with Gasteiger partial charge in [-0.1, -0.05) is 6.42 Å². The molecule has 0 heterocycles. The summed E-state index contributed by atoms with van der Waals surface area (Å²) in [5, 5.41) is 5.90. The summed E-state index contributed by atoms with van der Waals surface area (Å²) in [6.07, 6.45) is -0.503. The van der Waals surface area contributed by atoms with Gasteiger partial charge in [0.2, 0.25) is 5.91 Å². The third-order valence-electron chi connectivity index (χ3n) is 3.94. The lowest BCUT2D eigenvalue weighted by Crippen LogP contribution is -2.49. The third kappa shape index (κ3) is 4.37. The van der Waals surface area contributed by atoms with Crippen molar-refractivity contribution in [3.63, 3.8) is 0 Å². The second kappa shape index (κ2) is 5.69. The molecule has 3 nitrogen and oxygen atoms in total. The molecule has 0 aliphatic heterocycles. The van der Waals surface area contributed by atoms with Gasteiger partial charge in [0.25, 0.3) is 0 Å². The standard InChI is InChI=1S/C13H21F3N2O/c1-8(12(19)18-10-5-6-10)17-11-4-2-3-9(7-11)13(14,15)16/h8-11,17H,2-7H2,1H3,(H,18,19). The number of rotatable bonds is 4. The molecule has 0 aromatic carbocycles. The summed E-state index contributed by atoms with van der Waals surface area (Å²) in [5.74, 6) is -1.32. The zero-order valence-corrected chi connectivity index (χ0v) is 11.1. The SMILES string of the molecule is CC(NC1CCCC(C(F)(F)F)C1)C(=O)NC1CC1. The van der Waals surface area contributed by atoms with Crippen LogP contribution >= 0.6 is 0 Å². The lowest BCUT2D eigenvalue weighted by Gasteiger charge is -2.32. The molecule has 1 amide bonds. The Kier molecular flexibility index (Phi) is 4.38. The molecule has 110 valence electrons. The Morgan fingerprint density at radius 2 is 1.84 bits per heavy atom. The first-order valence-electron chi connectivity index (χ1n) is 6.99. The van der Waals surface area contributed by atoms with Crippen molar-refractivity contribution < 1.29 is 18.0 Å². The lowest BCUT2D eigenvalue weighted by molar-refractivity contribution is -0.183. The van der Waals surface area contributed by atoms with Crippen molar-refractivity contribution in [3.05, 3.63) is 0 Å². The number of carbonyl (C=O) groups is 1. The molecule has 2 aliphatic carbocycles. The largest absolute Gasteiger partial charge is 0.391 e. The van der Waals surface area contributed by atoms with Crippen LogP contribution in [0, 0.1) is 5.92 Å². The highest BCUT2D eigenvalue weighted by Crippen LogP contribution is 2.37. The summed E-state index contributed by atoms with van der Waals surface area (Å²) >= 11 is 0. The Hall–Kier alpha value is -0.780. The van der Waals surface area contributed by atoms with Gasteiger partial charge in [0, 0.05) is 12.1 Å². The molecule has 2 rings (SSSR count). The first-order chi connectivity index (χ1) is 8.86. The molecular weight excluding hydrogens is 257 g/mol. The van der Waals surface area contributed by atoms with E-state index in [1.54, 1.807) is 6.92 Å². The van der Waals surface area contributed by atoms with Crippen molar-refractivity contribution in [1.82, 2.24) is 10.6 Å². The first kappa shape index (κ1) is 14.6. The van der Waals surface area contributed by atoms with Crippen molar-refractivity contribution in [2.75, 3.05) is 0 Å². The number of carbonyl (C=O) groups excluding carboxylic acids is 1. The number of amides is 1. The minimum absolute atomic E-state index is 0.0878. The van der Waals surface area contributed by atoms with Crippen molar-refractivity contribution in [1.29, 1.82) is 0 Å².